The van der Waals surface area contributed by atoms with E-state index in [-0.39, 0.29) is 11.5 Å². The van der Waals surface area contributed by atoms with Crippen molar-refractivity contribution in [3.63, 3.8) is 0 Å². The van der Waals surface area contributed by atoms with Crippen molar-refractivity contribution >= 4 is 5.97 Å². The molecule has 110 valence electrons. The van der Waals surface area contributed by atoms with Gasteiger partial charge in [0, 0.05) is 5.92 Å². The molecule has 2 rings (SSSR count). The van der Waals surface area contributed by atoms with Crippen molar-refractivity contribution in [2.24, 2.45) is 17.8 Å². The van der Waals surface area contributed by atoms with Gasteiger partial charge in [0.25, 0.3) is 0 Å². The molecule has 1 aromatic rings. The van der Waals surface area contributed by atoms with E-state index in [4.69, 9.17) is 0 Å². The number of carbonyl (C=O) groups is 1. The summed E-state index contributed by atoms with van der Waals surface area (Å²) in [6.07, 6.45) is 0.887. The lowest BCUT2D eigenvalue weighted by molar-refractivity contribution is -0.144. The first-order valence-corrected chi connectivity index (χ1v) is 6.79. The molecule has 1 saturated carbocycles. The van der Waals surface area contributed by atoms with Gasteiger partial charge in [0.05, 0.1) is 12.0 Å². The van der Waals surface area contributed by atoms with Gasteiger partial charge in [0.15, 0.2) is 11.6 Å². The number of aliphatic carboxylic acids is 1. The number of halogens is 2. The highest BCUT2D eigenvalue weighted by Crippen LogP contribution is 2.44. The SMILES string of the molecule is CCC1CC(C(=O)O)C(C(O)c2ccc(F)c(F)c2)C1. The van der Waals surface area contributed by atoms with Gasteiger partial charge in [-0.3, -0.25) is 4.79 Å². The molecule has 1 aliphatic rings. The second-order valence-corrected chi connectivity index (χ2v) is 5.47. The van der Waals surface area contributed by atoms with E-state index >= 15 is 0 Å². The highest BCUT2D eigenvalue weighted by Gasteiger charge is 2.42. The maximum atomic E-state index is 13.2. The fraction of sp³-hybridized carbons (Fsp3) is 0.533. The largest absolute Gasteiger partial charge is 0.481 e. The number of carboxylic acid groups (broad SMARTS) is 1. The van der Waals surface area contributed by atoms with Crippen LogP contribution in [-0.2, 0) is 4.79 Å². The van der Waals surface area contributed by atoms with Gasteiger partial charge in [-0.1, -0.05) is 19.4 Å². The van der Waals surface area contributed by atoms with E-state index in [1.54, 1.807) is 0 Å². The zero-order valence-electron chi connectivity index (χ0n) is 11.2. The first-order chi connectivity index (χ1) is 9.43. The maximum Gasteiger partial charge on any atom is 0.306 e. The molecule has 0 bridgehead atoms. The predicted octanol–water partition coefficient (Wildman–Crippen LogP) is 3.14. The summed E-state index contributed by atoms with van der Waals surface area (Å²) in [5.41, 5.74) is 0.233. The van der Waals surface area contributed by atoms with Crippen molar-refractivity contribution in [2.45, 2.75) is 32.3 Å². The molecular formula is C15H18F2O3. The Balaban J connectivity index is 2.23. The molecule has 4 atom stereocenters. The molecule has 0 heterocycles. The molecular weight excluding hydrogens is 266 g/mol. The molecule has 3 nitrogen and oxygen atoms in total. The lowest BCUT2D eigenvalue weighted by Crippen LogP contribution is -2.24. The summed E-state index contributed by atoms with van der Waals surface area (Å²) in [7, 11) is 0. The van der Waals surface area contributed by atoms with E-state index in [1.165, 1.54) is 6.07 Å². The molecule has 2 N–H and O–H groups in total. The van der Waals surface area contributed by atoms with Crippen molar-refractivity contribution in [3.05, 3.63) is 35.4 Å². The molecule has 1 aliphatic carbocycles. The van der Waals surface area contributed by atoms with Crippen LogP contribution < -0.4 is 0 Å². The van der Waals surface area contributed by atoms with E-state index in [1.807, 2.05) is 6.92 Å². The fourth-order valence-electron chi connectivity index (χ4n) is 3.09. The summed E-state index contributed by atoms with van der Waals surface area (Å²) in [5, 5.41) is 19.6. The van der Waals surface area contributed by atoms with Crippen molar-refractivity contribution in [1.29, 1.82) is 0 Å². The van der Waals surface area contributed by atoms with Crippen LogP contribution in [0, 0.1) is 29.4 Å². The van der Waals surface area contributed by atoms with Crippen LogP contribution in [0.4, 0.5) is 8.78 Å². The monoisotopic (exact) mass is 284 g/mol. The Bertz CT molecular complexity index is 504. The van der Waals surface area contributed by atoms with Crippen LogP contribution in [-0.4, -0.2) is 16.2 Å². The minimum absolute atomic E-state index is 0.233. The zero-order chi connectivity index (χ0) is 14.9. The minimum Gasteiger partial charge on any atom is -0.481 e. The molecule has 0 aromatic heterocycles. The molecule has 0 saturated heterocycles. The van der Waals surface area contributed by atoms with Crippen LogP contribution >= 0.6 is 0 Å². The van der Waals surface area contributed by atoms with Gasteiger partial charge in [-0.15, -0.1) is 0 Å². The number of carboxylic acids is 1. The first kappa shape index (κ1) is 14.9. The van der Waals surface area contributed by atoms with Crippen LogP contribution in [0.25, 0.3) is 0 Å². The second-order valence-electron chi connectivity index (χ2n) is 5.47. The predicted molar refractivity (Wildman–Crippen MR) is 68.9 cm³/mol. The Morgan fingerprint density at radius 1 is 1.35 bits per heavy atom. The van der Waals surface area contributed by atoms with Crippen LogP contribution in [0.2, 0.25) is 0 Å². The number of rotatable bonds is 4. The van der Waals surface area contributed by atoms with E-state index in [9.17, 15) is 23.8 Å². The summed E-state index contributed by atoms with van der Waals surface area (Å²) in [4.78, 5) is 11.3. The van der Waals surface area contributed by atoms with Crippen molar-refractivity contribution in [1.82, 2.24) is 0 Å². The molecule has 1 aromatic carbocycles. The van der Waals surface area contributed by atoms with Gasteiger partial charge in [-0.25, -0.2) is 8.78 Å². The number of hydrogen-bond acceptors (Lipinski definition) is 2. The molecule has 0 radical (unpaired) electrons. The third kappa shape index (κ3) is 2.82. The topological polar surface area (TPSA) is 57.5 Å². The van der Waals surface area contributed by atoms with Gasteiger partial charge in [0.2, 0.25) is 0 Å². The number of aliphatic hydroxyl groups is 1. The van der Waals surface area contributed by atoms with Crippen molar-refractivity contribution < 1.29 is 23.8 Å². The van der Waals surface area contributed by atoms with E-state index in [2.05, 4.69) is 0 Å². The highest BCUT2D eigenvalue weighted by molar-refractivity contribution is 5.71. The van der Waals surface area contributed by atoms with Gasteiger partial charge in [-0.2, -0.15) is 0 Å². The van der Waals surface area contributed by atoms with Crippen LogP contribution in [0.3, 0.4) is 0 Å². The van der Waals surface area contributed by atoms with Crippen LogP contribution in [0.5, 0.6) is 0 Å². The van der Waals surface area contributed by atoms with Gasteiger partial charge < -0.3 is 10.2 Å². The average molecular weight is 284 g/mol. The second kappa shape index (κ2) is 5.87. The minimum atomic E-state index is -1.08. The Hall–Kier alpha value is -1.49. The fourth-order valence-corrected chi connectivity index (χ4v) is 3.09. The van der Waals surface area contributed by atoms with E-state index in [0.29, 0.717) is 12.8 Å². The molecule has 0 spiro atoms. The number of aliphatic hydroxyl groups excluding tert-OH is 1. The molecule has 0 amide bonds. The summed E-state index contributed by atoms with van der Waals surface area (Å²) < 4.78 is 26.1. The Kier molecular flexibility index (Phi) is 4.38. The summed E-state index contributed by atoms with van der Waals surface area (Å²) in [5.74, 6) is -3.79. The van der Waals surface area contributed by atoms with Crippen LogP contribution in [0.1, 0.15) is 37.9 Å². The Labute approximate surface area is 116 Å². The summed E-state index contributed by atoms with van der Waals surface area (Å²) in [6.45, 7) is 1.98. The van der Waals surface area contributed by atoms with Crippen molar-refractivity contribution in [2.75, 3.05) is 0 Å². The molecule has 1 fully saturated rings. The quantitative estimate of drug-likeness (QED) is 0.893. The average Bonchev–Trinajstić information content (AvgIpc) is 2.85. The van der Waals surface area contributed by atoms with E-state index < -0.39 is 35.5 Å². The van der Waals surface area contributed by atoms with Gasteiger partial charge >= 0.3 is 5.97 Å². The van der Waals surface area contributed by atoms with Gasteiger partial charge in [-0.05, 0) is 36.5 Å². The summed E-state index contributed by atoms with van der Waals surface area (Å²) >= 11 is 0. The molecule has 4 unspecified atom stereocenters. The van der Waals surface area contributed by atoms with Crippen LogP contribution in [0.15, 0.2) is 18.2 Å². The maximum absolute atomic E-state index is 13.2. The lowest BCUT2D eigenvalue weighted by atomic mass is 9.87. The van der Waals surface area contributed by atoms with Crippen molar-refractivity contribution in [3.8, 4) is 0 Å². The molecule has 5 heteroatoms. The van der Waals surface area contributed by atoms with E-state index in [0.717, 1.165) is 18.6 Å². The number of benzene rings is 1. The first-order valence-electron chi connectivity index (χ1n) is 6.79. The number of hydrogen-bond donors (Lipinski definition) is 2. The summed E-state index contributed by atoms with van der Waals surface area (Å²) in [6, 6.07) is 3.20. The highest BCUT2D eigenvalue weighted by atomic mass is 19.2. The standard InChI is InChI=1S/C15H18F2O3/c1-2-8-5-10(11(6-8)15(19)20)14(18)9-3-4-12(16)13(17)7-9/h3-4,7-8,10-11,14,18H,2,5-6H2,1H3,(H,19,20). The lowest BCUT2D eigenvalue weighted by Gasteiger charge is -2.22. The normalized spacial score (nSPS) is 27.5. The Morgan fingerprint density at radius 3 is 2.60 bits per heavy atom. The van der Waals surface area contributed by atoms with Gasteiger partial charge in [0.1, 0.15) is 0 Å². The third-order valence-electron chi connectivity index (χ3n) is 4.29. The zero-order valence-corrected chi connectivity index (χ0v) is 11.2. The smallest absolute Gasteiger partial charge is 0.306 e. The molecule has 20 heavy (non-hydrogen) atoms. The Morgan fingerprint density at radius 2 is 2.05 bits per heavy atom. The third-order valence-corrected chi connectivity index (χ3v) is 4.29. The molecule has 0 aliphatic heterocycles.